The van der Waals surface area contributed by atoms with E-state index < -0.39 is 0 Å². The summed E-state index contributed by atoms with van der Waals surface area (Å²) in [6.45, 7) is 10.1. The van der Waals surface area contributed by atoms with Gasteiger partial charge in [0, 0.05) is 43.4 Å². The van der Waals surface area contributed by atoms with E-state index in [1.54, 1.807) is 0 Å². The van der Waals surface area contributed by atoms with E-state index in [4.69, 9.17) is 16.1 Å². The first-order valence-corrected chi connectivity index (χ1v) is 10.8. The lowest BCUT2D eigenvalue weighted by atomic mass is 10.0. The molecule has 0 spiro atoms. The monoisotopic (exact) mass is 426 g/mol. The Morgan fingerprint density at radius 2 is 1.93 bits per heavy atom. The lowest BCUT2D eigenvalue weighted by Crippen LogP contribution is -2.35. The largest absolute Gasteiger partial charge is 0.337 e. The molecule has 1 aliphatic rings. The standard InChI is InChI=1S/C23H27ClN4O2/c1-15(2)20-13-19(21-16(3)26-30-22(21)25-20)23(29)28-10-4-9-27(11-12-28)14-17-5-7-18(24)8-6-17/h5-8,13,15H,4,9-12,14H2,1-3H3. The summed E-state index contributed by atoms with van der Waals surface area (Å²) in [6.07, 6.45) is 0.938. The second-order valence-corrected chi connectivity index (χ2v) is 8.68. The quantitative estimate of drug-likeness (QED) is 0.607. The van der Waals surface area contributed by atoms with Crippen molar-refractivity contribution >= 4 is 28.6 Å². The number of fused-ring (bicyclic) bond motifs is 1. The van der Waals surface area contributed by atoms with Gasteiger partial charge in [-0.25, -0.2) is 4.98 Å². The zero-order valence-corrected chi connectivity index (χ0v) is 18.4. The number of rotatable bonds is 4. The maximum Gasteiger partial charge on any atom is 0.259 e. The molecule has 0 bridgehead atoms. The molecule has 0 radical (unpaired) electrons. The Morgan fingerprint density at radius 1 is 1.17 bits per heavy atom. The van der Waals surface area contributed by atoms with Crippen molar-refractivity contribution in [3.8, 4) is 0 Å². The molecular formula is C23H27ClN4O2. The predicted octanol–water partition coefficient (Wildman–Crippen LogP) is 4.66. The molecule has 3 heterocycles. The normalized spacial score (nSPS) is 15.7. The van der Waals surface area contributed by atoms with Gasteiger partial charge < -0.3 is 9.42 Å². The first-order valence-electron chi connectivity index (χ1n) is 10.5. The van der Waals surface area contributed by atoms with Crippen molar-refractivity contribution in [1.82, 2.24) is 19.9 Å². The molecule has 1 amide bonds. The summed E-state index contributed by atoms with van der Waals surface area (Å²) in [7, 11) is 0. The van der Waals surface area contributed by atoms with E-state index in [0.717, 1.165) is 48.7 Å². The number of hydrogen-bond donors (Lipinski definition) is 0. The first kappa shape index (κ1) is 20.8. The Kier molecular flexibility index (Phi) is 6.06. The molecule has 3 aromatic rings. The van der Waals surface area contributed by atoms with Crippen molar-refractivity contribution in [2.24, 2.45) is 0 Å². The van der Waals surface area contributed by atoms with Crippen LogP contribution in [0.4, 0.5) is 0 Å². The summed E-state index contributed by atoms with van der Waals surface area (Å²) in [5.74, 6) is 0.231. The van der Waals surface area contributed by atoms with Crippen molar-refractivity contribution in [1.29, 1.82) is 0 Å². The lowest BCUT2D eigenvalue weighted by Gasteiger charge is -2.22. The Balaban J connectivity index is 1.53. The maximum atomic E-state index is 13.5. The summed E-state index contributed by atoms with van der Waals surface area (Å²) in [5, 5.41) is 5.52. The van der Waals surface area contributed by atoms with Crippen LogP contribution in [0.2, 0.25) is 5.02 Å². The molecule has 0 N–H and O–H groups in total. The third kappa shape index (κ3) is 4.35. The minimum absolute atomic E-state index is 0.0314. The fourth-order valence-electron chi connectivity index (χ4n) is 3.93. The lowest BCUT2D eigenvalue weighted by molar-refractivity contribution is 0.0762. The number of nitrogens with zero attached hydrogens (tertiary/aromatic N) is 4. The molecule has 4 rings (SSSR count). The van der Waals surface area contributed by atoms with Gasteiger partial charge in [0.25, 0.3) is 11.6 Å². The first-order chi connectivity index (χ1) is 14.4. The van der Waals surface area contributed by atoms with Gasteiger partial charge in [-0.15, -0.1) is 0 Å². The molecule has 7 heteroatoms. The van der Waals surface area contributed by atoms with E-state index in [0.29, 0.717) is 23.5 Å². The van der Waals surface area contributed by atoms with Crippen LogP contribution in [0.25, 0.3) is 11.1 Å². The molecular weight excluding hydrogens is 400 g/mol. The highest BCUT2D eigenvalue weighted by molar-refractivity contribution is 6.30. The number of amides is 1. The zero-order chi connectivity index (χ0) is 21.3. The van der Waals surface area contributed by atoms with Crippen LogP contribution < -0.4 is 0 Å². The predicted molar refractivity (Wildman–Crippen MR) is 118 cm³/mol. The number of benzene rings is 1. The molecule has 1 fully saturated rings. The molecule has 30 heavy (non-hydrogen) atoms. The van der Waals surface area contributed by atoms with Crippen LogP contribution >= 0.6 is 11.6 Å². The SMILES string of the molecule is Cc1noc2nc(C(C)C)cc(C(=O)N3CCCN(Cc4ccc(Cl)cc4)CC3)c12. The molecule has 1 aliphatic heterocycles. The van der Waals surface area contributed by atoms with E-state index in [2.05, 4.69) is 41.0 Å². The molecule has 1 aromatic carbocycles. The molecule has 0 saturated carbocycles. The van der Waals surface area contributed by atoms with Gasteiger partial charge in [0.1, 0.15) is 0 Å². The van der Waals surface area contributed by atoms with E-state index in [-0.39, 0.29) is 11.8 Å². The molecule has 6 nitrogen and oxygen atoms in total. The van der Waals surface area contributed by atoms with Crippen molar-refractivity contribution in [2.75, 3.05) is 26.2 Å². The van der Waals surface area contributed by atoms with Gasteiger partial charge in [-0.1, -0.05) is 42.7 Å². The van der Waals surface area contributed by atoms with Gasteiger partial charge in [-0.2, -0.15) is 0 Å². The maximum absolute atomic E-state index is 13.5. The zero-order valence-electron chi connectivity index (χ0n) is 17.7. The number of carbonyl (C=O) groups excluding carboxylic acids is 1. The van der Waals surface area contributed by atoms with Crippen LogP contribution in [0, 0.1) is 6.92 Å². The number of aryl methyl sites for hydroxylation is 1. The highest BCUT2D eigenvalue weighted by Crippen LogP contribution is 2.26. The smallest absolute Gasteiger partial charge is 0.259 e. The summed E-state index contributed by atoms with van der Waals surface area (Å²) >= 11 is 5.99. The molecule has 1 saturated heterocycles. The third-order valence-electron chi connectivity index (χ3n) is 5.65. The van der Waals surface area contributed by atoms with E-state index in [9.17, 15) is 4.79 Å². The van der Waals surface area contributed by atoms with E-state index >= 15 is 0 Å². The fraction of sp³-hybridized carbons (Fsp3) is 0.435. The van der Waals surface area contributed by atoms with Crippen molar-refractivity contribution in [2.45, 2.75) is 39.7 Å². The Morgan fingerprint density at radius 3 is 2.67 bits per heavy atom. The summed E-state index contributed by atoms with van der Waals surface area (Å²) in [4.78, 5) is 22.4. The van der Waals surface area contributed by atoms with Crippen LogP contribution in [0.1, 0.15) is 53.5 Å². The second-order valence-electron chi connectivity index (χ2n) is 8.25. The summed E-state index contributed by atoms with van der Waals surface area (Å²) < 4.78 is 5.38. The van der Waals surface area contributed by atoms with Gasteiger partial charge in [-0.3, -0.25) is 9.69 Å². The third-order valence-corrected chi connectivity index (χ3v) is 5.91. The topological polar surface area (TPSA) is 62.5 Å². The number of pyridine rings is 1. The molecule has 0 unspecified atom stereocenters. The van der Waals surface area contributed by atoms with Crippen molar-refractivity contribution < 1.29 is 9.32 Å². The van der Waals surface area contributed by atoms with Crippen molar-refractivity contribution in [3.63, 3.8) is 0 Å². The van der Waals surface area contributed by atoms with Crippen LogP contribution in [-0.4, -0.2) is 52.0 Å². The number of hydrogen-bond acceptors (Lipinski definition) is 5. The minimum Gasteiger partial charge on any atom is -0.337 e. The molecule has 158 valence electrons. The second kappa shape index (κ2) is 8.74. The van der Waals surface area contributed by atoms with Crippen LogP contribution in [0.5, 0.6) is 0 Å². The summed E-state index contributed by atoms with van der Waals surface area (Å²) in [6, 6.07) is 9.88. The van der Waals surface area contributed by atoms with Gasteiger partial charge in [0.2, 0.25) is 0 Å². The molecule has 2 aromatic heterocycles. The van der Waals surface area contributed by atoms with Crippen LogP contribution in [0.3, 0.4) is 0 Å². The van der Waals surface area contributed by atoms with Crippen LogP contribution in [0.15, 0.2) is 34.9 Å². The Hall–Kier alpha value is -2.44. The Bertz CT molecular complexity index is 1050. The number of halogens is 1. The van der Waals surface area contributed by atoms with Gasteiger partial charge in [0.15, 0.2) is 0 Å². The highest BCUT2D eigenvalue weighted by atomic mass is 35.5. The highest BCUT2D eigenvalue weighted by Gasteiger charge is 2.25. The van der Waals surface area contributed by atoms with Crippen LogP contribution in [-0.2, 0) is 6.54 Å². The van der Waals surface area contributed by atoms with Gasteiger partial charge in [0.05, 0.1) is 16.6 Å². The molecule has 0 aliphatic carbocycles. The average Bonchev–Trinajstić information content (AvgIpc) is 2.95. The Labute approximate surface area is 181 Å². The van der Waals surface area contributed by atoms with Crippen molar-refractivity contribution in [3.05, 3.63) is 57.9 Å². The van der Waals surface area contributed by atoms with E-state index in [1.165, 1.54) is 5.56 Å². The number of aromatic nitrogens is 2. The number of carbonyl (C=O) groups is 1. The van der Waals surface area contributed by atoms with Gasteiger partial charge >= 0.3 is 0 Å². The van der Waals surface area contributed by atoms with Gasteiger partial charge in [-0.05, 0) is 43.0 Å². The summed E-state index contributed by atoms with van der Waals surface area (Å²) in [5.41, 5.74) is 3.88. The fourth-order valence-corrected chi connectivity index (χ4v) is 4.05. The molecule has 0 atom stereocenters. The van der Waals surface area contributed by atoms with E-state index in [1.807, 2.05) is 30.0 Å². The minimum atomic E-state index is 0.0314. The average molecular weight is 427 g/mol.